The van der Waals surface area contributed by atoms with Crippen LogP contribution in [0.25, 0.3) is 71.9 Å². The smallest absolute Gasteiger partial charge is 0.227 e. The Bertz CT molecular complexity index is 2850. The van der Waals surface area contributed by atoms with Crippen LogP contribution in [0.4, 0.5) is 17.1 Å². The first-order valence-corrected chi connectivity index (χ1v) is 17.2. The summed E-state index contributed by atoms with van der Waals surface area (Å²) in [6.07, 6.45) is 0. The predicted octanol–water partition coefficient (Wildman–Crippen LogP) is 12.9. The lowest BCUT2D eigenvalue weighted by Gasteiger charge is -2.29. The van der Waals surface area contributed by atoms with E-state index in [0.29, 0.717) is 5.89 Å². The third-order valence-corrected chi connectivity index (χ3v) is 9.81. The molecule has 4 nitrogen and oxygen atoms in total. The molecule has 0 aliphatic rings. The van der Waals surface area contributed by atoms with Crippen molar-refractivity contribution in [2.75, 3.05) is 4.90 Å². The Morgan fingerprint density at radius 2 is 1.10 bits per heavy atom. The van der Waals surface area contributed by atoms with Gasteiger partial charge in [0, 0.05) is 44.0 Å². The van der Waals surface area contributed by atoms with E-state index in [-0.39, 0.29) is 0 Å². The van der Waals surface area contributed by atoms with E-state index in [1.165, 1.54) is 16.3 Å². The number of nitrogens with zero attached hydrogens (tertiary/aromatic N) is 3. The molecule has 51 heavy (non-hydrogen) atoms. The summed E-state index contributed by atoms with van der Waals surface area (Å²) >= 11 is 0. The van der Waals surface area contributed by atoms with E-state index >= 15 is 0 Å². The van der Waals surface area contributed by atoms with Crippen molar-refractivity contribution in [1.82, 2.24) is 9.55 Å². The van der Waals surface area contributed by atoms with Gasteiger partial charge in [-0.3, -0.25) is 0 Å². The SMILES string of the molecule is c1ccc(-c2nc3c(ccc4c(N(c5ccc6c(c5)c5ccccc5n6-c5ccccc5)c5ccccc5-c5ccccc5)cccc43)o2)cc1. The maximum atomic E-state index is 6.31. The van der Waals surface area contributed by atoms with Gasteiger partial charge in [0.25, 0.3) is 0 Å². The van der Waals surface area contributed by atoms with Crippen molar-refractivity contribution in [3.8, 4) is 28.3 Å². The van der Waals surface area contributed by atoms with Gasteiger partial charge >= 0.3 is 0 Å². The summed E-state index contributed by atoms with van der Waals surface area (Å²) in [5, 5.41) is 4.54. The molecule has 2 aromatic heterocycles. The van der Waals surface area contributed by atoms with Crippen LogP contribution in [-0.4, -0.2) is 9.55 Å². The fraction of sp³-hybridized carbons (Fsp3) is 0. The van der Waals surface area contributed by atoms with Gasteiger partial charge in [-0.1, -0.05) is 115 Å². The summed E-state index contributed by atoms with van der Waals surface area (Å²) in [7, 11) is 0. The molecule has 0 saturated carbocycles. The normalized spacial score (nSPS) is 11.5. The summed E-state index contributed by atoms with van der Waals surface area (Å²) in [5.74, 6) is 0.620. The van der Waals surface area contributed by atoms with Gasteiger partial charge in [-0.15, -0.1) is 0 Å². The first-order valence-electron chi connectivity index (χ1n) is 17.2. The van der Waals surface area contributed by atoms with Gasteiger partial charge in [0.1, 0.15) is 5.52 Å². The molecule has 0 amide bonds. The van der Waals surface area contributed by atoms with E-state index < -0.39 is 0 Å². The first kappa shape index (κ1) is 29.0. The van der Waals surface area contributed by atoms with Crippen LogP contribution in [-0.2, 0) is 0 Å². The number of aromatic nitrogens is 2. The highest BCUT2D eigenvalue weighted by Crippen LogP contribution is 2.46. The molecule has 0 fully saturated rings. The lowest BCUT2D eigenvalue weighted by molar-refractivity contribution is 0.620. The second kappa shape index (κ2) is 11.9. The molecule has 0 aliphatic heterocycles. The molecule has 0 atom stereocenters. The topological polar surface area (TPSA) is 34.2 Å². The fourth-order valence-electron chi connectivity index (χ4n) is 7.52. The van der Waals surface area contributed by atoms with Crippen molar-refractivity contribution in [1.29, 1.82) is 0 Å². The standard InChI is InChI=1S/C47H31N3O/c1-4-15-32(16-5-1)36-21-10-12-24-41(36)50(35-27-29-44-40(31-35)37-22-11-13-25-42(37)49(44)34-19-8-3-9-20-34)43-26-14-23-39-38(43)28-30-45-46(39)48-47(51-45)33-17-6-2-7-18-33/h1-31H. The van der Waals surface area contributed by atoms with Crippen molar-refractivity contribution in [2.24, 2.45) is 0 Å². The van der Waals surface area contributed by atoms with E-state index in [2.05, 4.69) is 167 Å². The average molecular weight is 654 g/mol. The molecule has 0 N–H and O–H groups in total. The zero-order chi connectivity index (χ0) is 33.7. The Labute approximate surface area is 295 Å². The molecule has 10 aromatic rings. The minimum atomic E-state index is 0.620. The lowest BCUT2D eigenvalue weighted by atomic mass is 10.00. The maximum absolute atomic E-state index is 6.31. The van der Waals surface area contributed by atoms with Crippen molar-refractivity contribution in [3.05, 3.63) is 188 Å². The summed E-state index contributed by atoms with van der Waals surface area (Å²) < 4.78 is 8.67. The number of anilines is 3. The van der Waals surface area contributed by atoms with Gasteiger partial charge in [-0.05, 0) is 78.4 Å². The van der Waals surface area contributed by atoms with Gasteiger partial charge in [-0.25, -0.2) is 4.98 Å². The number of hydrogen-bond acceptors (Lipinski definition) is 3. The van der Waals surface area contributed by atoms with Crippen LogP contribution in [0.1, 0.15) is 0 Å². The second-order valence-corrected chi connectivity index (χ2v) is 12.8. The quantitative estimate of drug-likeness (QED) is 0.179. The van der Waals surface area contributed by atoms with Crippen LogP contribution in [0.2, 0.25) is 0 Å². The Morgan fingerprint density at radius 1 is 0.451 bits per heavy atom. The number of oxazole rings is 1. The van der Waals surface area contributed by atoms with E-state index in [4.69, 9.17) is 9.40 Å². The highest BCUT2D eigenvalue weighted by Gasteiger charge is 2.22. The molecule has 0 saturated heterocycles. The summed E-state index contributed by atoms with van der Waals surface area (Å²) in [6, 6.07) is 66.3. The van der Waals surface area contributed by atoms with Crippen LogP contribution >= 0.6 is 0 Å². The predicted molar refractivity (Wildman–Crippen MR) is 211 cm³/mol. The number of fused-ring (bicyclic) bond motifs is 6. The number of rotatable bonds is 6. The van der Waals surface area contributed by atoms with Gasteiger partial charge in [0.05, 0.1) is 22.4 Å². The molecule has 0 bridgehead atoms. The van der Waals surface area contributed by atoms with Crippen molar-refractivity contribution >= 4 is 60.7 Å². The summed E-state index contributed by atoms with van der Waals surface area (Å²) in [4.78, 5) is 7.45. The highest BCUT2D eigenvalue weighted by atomic mass is 16.3. The van der Waals surface area contributed by atoms with E-state index in [9.17, 15) is 0 Å². The highest BCUT2D eigenvalue weighted by molar-refractivity contribution is 6.13. The molecular weight excluding hydrogens is 623 g/mol. The monoisotopic (exact) mass is 653 g/mol. The first-order chi connectivity index (χ1) is 25.3. The number of benzene rings is 8. The molecule has 0 radical (unpaired) electrons. The minimum absolute atomic E-state index is 0.620. The zero-order valence-corrected chi connectivity index (χ0v) is 27.6. The van der Waals surface area contributed by atoms with Gasteiger partial charge in [0.2, 0.25) is 5.89 Å². The average Bonchev–Trinajstić information content (AvgIpc) is 3.79. The largest absolute Gasteiger partial charge is 0.436 e. The van der Waals surface area contributed by atoms with Crippen LogP contribution < -0.4 is 4.90 Å². The number of hydrogen-bond donors (Lipinski definition) is 0. The molecular formula is C47H31N3O. The molecule has 10 rings (SSSR count). The Kier molecular flexibility index (Phi) is 6.78. The zero-order valence-electron chi connectivity index (χ0n) is 27.6. The summed E-state index contributed by atoms with van der Waals surface area (Å²) in [6.45, 7) is 0. The molecule has 8 aromatic carbocycles. The van der Waals surface area contributed by atoms with Gasteiger partial charge in [0.15, 0.2) is 5.58 Å². The second-order valence-electron chi connectivity index (χ2n) is 12.8. The molecule has 0 spiro atoms. The minimum Gasteiger partial charge on any atom is -0.436 e. The van der Waals surface area contributed by atoms with E-state index in [1.807, 2.05) is 30.3 Å². The molecule has 0 unspecified atom stereocenters. The van der Waals surface area contributed by atoms with Crippen molar-refractivity contribution in [2.45, 2.75) is 0 Å². The van der Waals surface area contributed by atoms with E-state index in [0.717, 1.165) is 66.8 Å². The lowest BCUT2D eigenvalue weighted by Crippen LogP contribution is -2.12. The van der Waals surface area contributed by atoms with Crippen molar-refractivity contribution in [3.63, 3.8) is 0 Å². The third kappa shape index (κ3) is 4.80. The molecule has 240 valence electrons. The Balaban J connectivity index is 1.24. The van der Waals surface area contributed by atoms with Crippen molar-refractivity contribution < 1.29 is 4.42 Å². The van der Waals surface area contributed by atoms with Crippen LogP contribution in [0.5, 0.6) is 0 Å². The number of para-hydroxylation sites is 3. The fourth-order valence-corrected chi connectivity index (χ4v) is 7.52. The third-order valence-electron chi connectivity index (χ3n) is 9.81. The van der Waals surface area contributed by atoms with Gasteiger partial charge < -0.3 is 13.9 Å². The molecule has 4 heteroatoms. The van der Waals surface area contributed by atoms with Crippen LogP contribution in [0.3, 0.4) is 0 Å². The maximum Gasteiger partial charge on any atom is 0.227 e. The van der Waals surface area contributed by atoms with Gasteiger partial charge in [-0.2, -0.15) is 0 Å². The van der Waals surface area contributed by atoms with Crippen LogP contribution in [0, 0.1) is 0 Å². The Hall–Kier alpha value is -6.91. The van der Waals surface area contributed by atoms with E-state index in [1.54, 1.807) is 0 Å². The molecule has 2 heterocycles. The summed E-state index contributed by atoms with van der Waals surface area (Å²) in [5.41, 5.74) is 11.6. The Morgan fingerprint density at radius 3 is 1.92 bits per heavy atom. The molecule has 0 aliphatic carbocycles. The van der Waals surface area contributed by atoms with Crippen LogP contribution in [0.15, 0.2) is 192 Å².